The molecular formula is C24H26F3NO2. The van der Waals surface area contributed by atoms with Crippen LogP contribution in [0.1, 0.15) is 55.8 Å². The molecule has 0 bridgehead atoms. The van der Waals surface area contributed by atoms with Crippen LogP contribution < -0.4 is 10.1 Å². The number of allylic oxidation sites excluding steroid dienone is 1. The van der Waals surface area contributed by atoms with Crippen LogP contribution in [0.25, 0.3) is 0 Å². The van der Waals surface area contributed by atoms with E-state index < -0.39 is 11.7 Å². The zero-order valence-corrected chi connectivity index (χ0v) is 17.1. The monoisotopic (exact) mass is 417 g/mol. The van der Waals surface area contributed by atoms with E-state index in [4.69, 9.17) is 4.74 Å². The number of carbonyl (C=O) groups is 1. The van der Waals surface area contributed by atoms with Gasteiger partial charge in [-0.15, -0.1) is 0 Å². The molecule has 0 heterocycles. The fourth-order valence-corrected chi connectivity index (χ4v) is 3.67. The molecule has 1 unspecified atom stereocenters. The van der Waals surface area contributed by atoms with Crippen LogP contribution >= 0.6 is 0 Å². The molecule has 0 fully saturated rings. The molecule has 0 saturated heterocycles. The van der Waals surface area contributed by atoms with Crippen molar-refractivity contribution in [2.75, 3.05) is 0 Å². The molecule has 1 amide bonds. The van der Waals surface area contributed by atoms with Crippen LogP contribution in [0.5, 0.6) is 5.75 Å². The number of ether oxygens (including phenoxy) is 1. The van der Waals surface area contributed by atoms with Crippen LogP contribution in [0.4, 0.5) is 13.2 Å². The fourth-order valence-electron chi connectivity index (χ4n) is 3.67. The van der Waals surface area contributed by atoms with Crippen molar-refractivity contribution in [1.29, 1.82) is 0 Å². The summed E-state index contributed by atoms with van der Waals surface area (Å²) in [7, 11) is 0. The van der Waals surface area contributed by atoms with Crippen molar-refractivity contribution in [2.45, 2.75) is 57.9 Å². The van der Waals surface area contributed by atoms with Gasteiger partial charge in [-0.1, -0.05) is 42.0 Å². The average Bonchev–Trinajstić information content (AvgIpc) is 2.69. The molecule has 6 heteroatoms. The Bertz CT molecular complexity index is 903. The minimum Gasteiger partial charge on any atom is -0.490 e. The van der Waals surface area contributed by atoms with Gasteiger partial charge in [-0.2, -0.15) is 13.2 Å². The van der Waals surface area contributed by atoms with Gasteiger partial charge >= 0.3 is 6.18 Å². The summed E-state index contributed by atoms with van der Waals surface area (Å²) in [6.45, 7) is 3.42. The van der Waals surface area contributed by atoms with Gasteiger partial charge < -0.3 is 10.1 Å². The number of halogens is 3. The molecule has 0 spiro atoms. The third kappa shape index (κ3) is 6.12. The number of carbonyl (C=O) groups excluding carboxylic acids is 1. The smallest absolute Gasteiger partial charge is 0.416 e. The van der Waals surface area contributed by atoms with Crippen molar-refractivity contribution in [3.63, 3.8) is 0 Å². The third-order valence-corrected chi connectivity index (χ3v) is 5.24. The number of rotatable bonds is 6. The number of amides is 1. The first-order valence-electron chi connectivity index (χ1n) is 10.1. The van der Waals surface area contributed by atoms with Gasteiger partial charge in [0.2, 0.25) is 5.91 Å². The molecule has 3 rings (SSSR count). The summed E-state index contributed by atoms with van der Waals surface area (Å²) >= 11 is 0. The predicted molar refractivity (Wildman–Crippen MR) is 110 cm³/mol. The Morgan fingerprint density at radius 2 is 1.93 bits per heavy atom. The Hall–Kier alpha value is -2.76. The Labute approximate surface area is 174 Å². The second kappa shape index (κ2) is 9.37. The van der Waals surface area contributed by atoms with E-state index in [2.05, 4.69) is 11.4 Å². The highest BCUT2D eigenvalue weighted by molar-refractivity contribution is 5.73. The first kappa shape index (κ1) is 21.9. The highest BCUT2D eigenvalue weighted by Gasteiger charge is 2.30. The van der Waals surface area contributed by atoms with Crippen LogP contribution in [-0.2, 0) is 17.4 Å². The van der Waals surface area contributed by atoms with Crippen LogP contribution in [-0.4, -0.2) is 12.0 Å². The SMILES string of the molecule is CC(=O)N[C@@H](C)c1ccc(OC2CC=C(Cc3cccc(C(F)(F)F)c3)CC2)cc1. The van der Waals surface area contributed by atoms with Gasteiger partial charge in [0.25, 0.3) is 0 Å². The minimum absolute atomic E-state index is 0.0499. The van der Waals surface area contributed by atoms with E-state index in [9.17, 15) is 18.0 Å². The normalized spacial score (nSPS) is 17.8. The second-order valence-electron chi connectivity index (χ2n) is 7.74. The second-order valence-corrected chi connectivity index (χ2v) is 7.74. The van der Waals surface area contributed by atoms with E-state index in [1.54, 1.807) is 6.07 Å². The molecule has 0 aromatic heterocycles. The number of alkyl halides is 3. The van der Waals surface area contributed by atoms with Crippen LogP contribution in [0, 0.1) is 0 Å². The number of nitrogens with one attached hydrogen (secondary N) is 1. The maximum absolute atomic E-state index is 12.9. The topological polar surface area (TPSA) is 38.3 Å². The highest BCUT2D eigenvalue weighted by Crippen LogP contribution is 2.31. The zero-order chi connectivity index (χ0) is 21.7. The van der Waals surface area contributed by atoms with Crippen molar-refractivity contribution < 1.29 is 22.7 Å². The lowest BCUT2D eigenvalue weighted by atomic mass is 9.92. The lowest BCUT2D eigenvalue weighted by molar-refractivity contribution is -0.137. The molecule has 1 aliphatic rings. The summed E-state index contributed by atoms with van der Waals surface area (Å²) < 4.78 is 44.7. The van der Waals surface area contributed by atoms with Crippen molar-refractivity contribution in [3.05, 3.63) is 76.9 Å². The van der Waals surface area contributed by atoms with E-state index >= 15 is 0 Å². The summed E-state index contributed by atoms with van der Waals surface area (Å²) in [5.74, 6) is 0.700. The first-order valence-corrected chi connectivity index (χ1v) is 10.1. The molecule has 2 aromatic carbocycles. The van der Waals surface area contributed by atoms with Crippen molar-refractivity contribution >= 4 is 5.91 Å². The molecule has 0 radical (unpaired) electrons. The van der Waals surface area contributed by atoms with Gasteiger partial charge in [-0.25, -0.2) is 0 Å². The van der Waals surface area contributed by atoms with Gasteiger partial charge in [0.05, 0.1) is 11.6 Å². The number of hydrogen-bond acceptors (Lipinski definition) is 2. The highest BCUT2D eigenvalue weighted by atomic mass is 19.4. The average molecular weight is 417 g/mol. The maximum Gasteiger partial charge on any atom is 0.416 e. The number of benzene rings is 2. The molecule has 30 heavy (non-hydrogen) atoms. The van der Waals surface area contributed by atoms with Crippen molar-refractivity contribution in [3.8, 4) is 5.75 Å². The standard InChI is InChI=1S/C24H26F3NO2/c1-16(28-17(2)29)20-8-12-23(13-9-20)30-22-10-6-18(7-11-22)14-19-4-3-5-21(15-19)24(25,26)27/h3-6,8-9,12-13,15-16,22H,7,10-11,14H2,1-2H3,(H,28,29)/t16-,22?/m0/s1. The van der Waals surface area contributed by atoms with Crippen molar-refractivity contribution in [2.24, 2.45) is 0 Å². The van der Waals surface area contributed by atoms with E-state index in [1.807, 2.05) is 31.2 Å². The van der Waals surface area contributed by atoms with Gasteiger partial charge in [-0.05, 0) is 55.5 Å². The van der Waals surface area contributed by atoms with E-state index in [-0.39, 0.29) is 18.1 Å². The van der Waals surface area contributed by atoms with Crippen molar-refractivity contribution in [1.82, 2.24) is 5.32 Å². The quantitative estimate of drug-likeness (QED) is 0.585. The Morgan fingerprint density at radius 3 is 2.53 bits per heavy atom. The molecule has 2 atom stereocenters. The van der Waals surface area contributed by atoms with Gasteiger partial charge in [-0.3, -0.25) is 4.79 Å². The molecule has 160 valence electrons. The number of hydrogen-bond donors (Lipinski definition) is 1. The van der Waals surface area contributed by atoms with Crippen LogP contribution in [0.2, 0.25) is 0 Å². The molecule has 1 N–H and O–H groups in total. The first-order chi connectivity index (χ1) is 14.2. The van der Waals surface area contributed by atoms with Crippen LogP contribution in [0.15, 0.2) is 60.2 Å². The molecule has 2 aromatic rings. The fraction of sp³-hybridized carbons (Fsp3) is 0.375. The molecule has 0 saturated carbocycles. The summed E-state index contributed by atoms with van der Waals surface area (Å²) in [4.78, 5) is 11.2. The lowest BCUT2D eigenvalue weighted by Gasteiger charge is -2.24. The Balaban J connectivity index is 1.54. The molecular weight excluding hydrogens is 391 g/mol. The summed E-state index contributed by atoms with van der Waals surface area (Å²) in [6.07, 6.45) is 0.722. The zero-order valence-electron chi connectivity index (χ0n) is 17.1. The Kier molecular flexibility index (Phi) is 6.85. The largest absolute Gasteiger partial charge is 0.490 e. The van der Waals surface area contributed by atoms with Gasteiger partial charge in [0.1, 0.15) is 11.9 Å². The molecule has 1 aliphatic carbocycles. The summed E-state index contributed by atoms with van der Waals surface area (Å²) in [6, 6.07) is 13.1. The van der Waals surface area contributed by atoms with Gasteiger partial charge in [0.15, 0.2) is 0 Å². The maximum atomic E-state index is 12.9. The summed E-state index contributed by atoms with van der Waals surface area (Å²) in [5, 5.41) is 2.85. The predicted octanol–water partition coefficient (Wildman–Crippen LogP) is 6.00. The van der Waals surface area contributed by atoms with E-state index in [1.165, 1.54) is 19.1 Å². The summed E-state index contributed by atoms with van der Waals surface area (Å²) in [5.41, 5.74) is 2.23. The molecule has 3 nitrogen and oxygen atoms in total. The minimum atomic E-state index is -4.31. The van der Waals surface area contributed by atoms with E-state index in [0.29, 0.717) is 12.0 Å². The van der Waals surface area contributed by atoms with E-state index in [0.717, 1.165) is 42.2 Å². The molecule has 0 aliphatic heterocycles. The Morgan fingerprint density at radius 1 is 1.20 bits per heavy atom. The van der Waals surface area contributed by atoms with Crippen LogP contribution in [0.3, 0.4) is 0 Å². The third-order valence-electron chi connectivity index (χ3n) is 5.24. The van der Waals surface area contributed by atoms with Gasteiger partial charge in [0, 0.05) is 13.3 Å². The lowest BCUT2D eigenvalue weighted by Crippen LogP contribution is -2.23.